The Kier molecular flexibility index (Phi) is 3.59. The average molecular weight is 337 g/mol. The number of imidazole rings is 1. The van der Waals surface area contributed by atoms with Gasteiger partial charge in [0.1, 0.15) is 5.82 Å². The van der Waals surface area contributed by atoms with Crippen LogP contribution in [0, 0.1) is 0 Å². The summed E-state index contributed by atoms with van der Waals surface area (Å²) < 4.78 is 7.67. The van der Waals surface area contributed by atoms with Crippen molar-refractivity contribution in [3.8, 4) is 0 Å². The minimum Gasteiger partial charge on any atom is -0.339 e. The second-order valence-electron chi connectivity index (χ2n) is 7.42. The molecular weight excluding hydrogens is 314 g/mol. The SMILES string of the molecule is Cn1c(CN2CCC[C@H](c3noc(C4CC4)n3)C2)nc2ccccc21. The van der Waals surface area contributed by atoms with E-state index in [1.807, 2.05) is 6.07 Å². The van der Waals surface area contributed by atoms with Crippen LogP contribution in [0.4, 0.5) is 0 Å². The van der Waals surface area contributed by atoms with Gasteiger partial charge < -0.3 is 9.09 Å². The van der Waals surface area contributed by atoms with Crippen molar-refractivity contribution in [1.82, 2.24) is 24.6 Å². The van der Waals surface area contributed by atoms with Crippen molar-refractivity contribution >= 4 is 11.0 Å². The van der Waals surface area contributed by atoms with Crippen molar-refractivity contribution in [2.24, 2.45) is 7.05 Å². The van der Waals surface area contributed by atoms with Gasteiger partial charge in [0.05, 0.1) is 17.6 Å². The zero-order valence-electron chi connectivity index (χ0n) is 14.6. The number of fused-ring (bicyclic) bond motifs is 1. The van der Waals surface area contributed by atoms with Crippen LogP contribution in [0.5, 0.6) is 0 Å². The van der Waals surface area contributed by atoms with E-state index in [9.17, 15) is 0 Å². The Morgan fingerprint density at radius 1 is 1.12 bits per heavy atom. The van der Waals surface area contributed by atoms with E-state index in [1.54, 1.807) is 0 Å². The lowest BCUT2D eigenvalue weighted by Gasteiger charge is -2.30. The number of para-hydroxylation sites is 2. The summed E-state index contributed by atoms with van der Waals surface area (Å²) in [6.07, 6.45) is 4.71. The van der Waals surface area contributed by atoms with E-state index < -0.39 is 0 Å². The van der Waals surface area contributed by atoms with Gasteiger partial charge in [0.2, 0.25) is 5.89 Å². The molecule has 3 heterocycles. The summed E-state index contributed by atoms with van der Waals surface area (Å²) in [5.74, 6) is 3.77. The van der Waals surface area contributed by atoms with Crippen LogP contribution in [0.1, 0.15) is 55.1 Å². The fraction of sp³-hybridized carbons (Fsp3) is 0.526. The number of rotatable bonds is 4. The molecule has 6 heteroatoms. The van der Waals surface area contributed by atoms with Crippen LogP contribution in [-0.4, -0.2) is 37.7 Å². The maximum absolute atomic E-state index is 5.46. The van der Waals surface area contributed by atoms with Crippen molar-refractivity contribution in [1.29, 1.82) is 0 Å². The van der Waals surface area contributed by atoms with Crippen LogP contribution in [0.2, 0.25) is 0 Å². The molecule has 1 atom stereocenters. The summed E-state index contributed by atoms with van der Waals surface area (Å²) in [6, 6.07) is 8.32. The predicted octanol–water partition coefficient (Wildman–Crippen LogP) is 3.21. The highest BCUT2D eigenvalue weighted by Gasteiger charge is 2.32. The minimum atomic E-state index is 0.375. The monoisotopic (exact) mass is 337 g/mol. The Morgan fingerprint density at radius 2 is 2.00 bits per heavy atom. The molecule has 0 N–H and O–H groups in total. The van der Waals surface area contributed by atoms with Crippen molar-refractivity contribution in [3.63, 3.8) is 0 Å². The van der Waals surface area contributed by atoms with E-state index in [-0.39, 0.29) is 0 Å². The Morgan fingerprint density at radius 3 is 2.84 bits per heavy atom. The topological polar surface area (TPSA) is 60.0 Å². The van der Waals surface area contributed by atoms with E-state index in [4.69, 9.17) is 9.51 Å². The normalized spacial score (nSPS) is 21.9. The summed E-state index contributed by atoms with van der Waals surface area (Å²) in [7, 11) is 2.10. The molecule has 0 radical (unpaired) electrons. The first-order valence-electron chi connectivity index (χ1n) is 9.24. The molecule has 1 saturated heterocycles. The van der Waals surface area contributed by atoms with Gasteiger partial charge in [0.15, 0.2) is 5.82 Å². The molecule has 1 saturated carbocycles. The number of aryl methyl sites for hydroxylation is 1. The summed E-state index contributed by atoms with van der Waals surface area (Å²) in [4.78, 5) is 12.0. The molecule has 3 aromatic rings. The van der Waals surface area contributed by atoms with Crippen LogP contribution in [0.25, 0.3) is 11.0 Å². The van der Waals surface area contributed by atoms with Gasteiger partial charge >= 0.3 is 0 Å². The third-order valence-electron chi connectivity index (χ3n) is 5.50. The summed E-state index contributed by atoms with van der Waals surface area (Å²) in [5, 5.41) is 4.26. The first-order valence-corrected chi connectivity index (χ1v) is 9.24. The van der Waals surface area contributed by atoms with Gasteiger partial charge in [-0.25, -0.2) is 4.98 Å². The number of piperidine rings is 1. The van der Waals surface area contributed by atoms with Gasteiger partial charge in [-0.1, -0.05) is 17.3 Å². The predicted molar refractivity (Wildman–Crippen MR) is 94.2 cm³/mol. The Hall–Kier alpha value is -2.21. The molecular formula is C19H23N5O. The minimum absolute atomic E-state index is 0.375. The van der Waals surface area contributed by atoms with E-state index >= 15 is 0 Å². The largest absolute Gasteiger partial charge is 0.339 e. The lowest BCUT2D eigenvalue weighted by molar-refractivity contribution is 0.189. The highest BCUT2D eigenvalue weighted by atomic mass is 16.5. The molecule has 0 unspecified atom stereocenters. The van der Waals surface area contributed by atoms with Gasteiger partial charge in [-0.3, -0.25) is 4.90 Å². The van der Waals surface area contributed by atoms with Gasteiger partial charge in [-0.15, -0.1) is 0 Å². The van der Waals surface area contributed by atoms with Crippen molar-refractivity contribution in [3.05, 3.63) is 41.8 Å². The standard InChI is InChI=1S/C19H23N5O/c1-23-16-7-3-2-6-15(16)20-17(23)12-24-10-4-5-14(11-24)18-21-19(25-22-18)13-8-9-13/h2-3,6-7,13-14H,4-5,8-12H2,1H3/t14-/m0/s1. The van der Waals surface area contributed by atoms with Gasteiger partial charge in [-0.2, -0.15) is 4.98 Å². The second kappa shape index (κ2) is 5.95. The number of benzene rings is 1. The Labute approximate surface area is 146 Å². The maximum Gasteiger partial charge on any atom is 0.229 e. The zero-order valence-corrected chi connectivity index (χ0v) is 14.6. The lowest BCUT2D eigenvalue weighted by atomic mass is 9.97. The molecule has 0 bridgehead atoms. The molecule has 2 fully saturated rings. The van der Waals surface area contributed by atoms with E-state index in [2.05, 4.69) is 44.9 Å². The molecule has 5 rings (SSSR count). The number of nitrogens with zero attached hydrogens (tertiary/aromatic N) is 5. The summed E-state index contributed by atoms with van der Waals surface area (Å²) in [5.41, 5.74) is 2.26. The maximum atomic E-state index is 5.46. The van der Waals surface area contributed by atoms with Gasteiger partial charge in [0.25, 0.3) is 0 Å². The summed E-state index contributed by atoms with van der Waals surface area (Å²) >= 11 is 0. The van der Waals surface area contributed by atoms with Crippen LogP contribution in [0.15, 0.2) is 28.8 Å². The van der Waals surface area contributed by atoms with Crippen LogP contribution in [-0.2, 0) is 13.6 Å². The van der Waals surface area contributed by atoms with Crippen LogP contribution in [0.3, 0.4) is 0 Å². The van der Waals surface area contributed by atoms with E-state index in [0.717, 1.165) is 49.1 Å². The molecule has 1 aliphatic carbocycles. The van der Waals surface area contributed by atoms with Crippen LogP contribution >= 0.6 is 0 Å². The highest BCUT2D eigenvalue weighted by molar-refractivity contribution is 5.75. The van der Waals surface area contributed by atoms with E-state index in [0.29, 0.717) is 11.8 Å². The first-order chi connectivity index (χ1) is 12.3. The molecule has 6 nitrogen and oxygen atoms in total. The second-order valence-corrected chi connectivity index (χ2v) is 7.42. The lowest BCUT2D eigenvalue weighted by Crippen LogP contribution is -2.35. The zero-order chi connectivity index (χ0) is 16.8. The summed E-state index contributed by atoms with van der Waals surface area (Å²) in [6.45, 7) is 2.95. The number of aromatic nitrogens is 4. The van der Waals surface area contributed by atoms with Crippen molar-refractivity contribution < 1.29 is 4.52 Å². The molecule has 1 aromatic carbocycles. The van der Waals surface area contributed by atoms with Crippen LogP contribution < -0.4 is 0 Å². The quantitative estimate of drug-likeness (QED) is 0.731. The molecule has 2 aliphatic rings. The average Bonchev–Trinajstić information content (AvgIpc) is 3.29. The Bertz CT molecular complexity index is 894. The third-order valence-corrected chi connectivity index (χ3v) is 5.50. The number of likely N-dealkylation sites (tertiary alicyclic amines) is 1. The molecule has 1 aliphatic heterocycles. The molecule has 130 valence electrons. The molecule has 0 spiro atoms. The third kappa shape index (κ3) is 2.84. The Balaban J connectivity index is 1.32. The number of hydrogen-bond donors (Lipinski definition) is 0. The van der Waals surface area contributed by atoms with Gasteiger partial charge in [0, 0.05) is 25.4 Å². The number of hydrogen-bond acceptors (Lipinski definition) is 5. The molecule has 0 amide bonds. The fourth-order valence-corrected chi connectivity index (χ4v) is 3.86. The van der Waals surface area contributed by atoms with Gasteiger partial charge in [-0.05, 0) is 44.4 Å². The smallest absolute Gasteiger partial charge is 0.229 e. The molecule has 25 heavy (non-hydrogen) atoms. The highest BCUT2D eigenvalue weighted by Crippen LogP contribution is 2.39. The van der Waals surface area contributed by atoms with Crippen molar-refractivity contribution in [2.45, 2.75) is 44.1 Å². The van der Waals surface area contributed by atoms with E-state index in [1.165, 1.54) is 24.8 Å². The van der Waals surface area contributed by atoms with Crippen molar-refractivity contribution in [2.75, 3.05) is 13.1 Å². The first kappa shape index (κ1) is 15.1. The fourth-order valence-electron chi connectivity index (χ4n) is 3.86. The molecule has 2 aromatic heterocycles.